The molecule has 0 aromatic carbocycles. The van der Waals surface area contributed by atoms with Crippen LogP contribution in [0.5, 0.6) is 5.88 Å². The molecule has 4 nitrogen and oxygen atoms in total. The number of carbonyl (C=O) groups excluding carboxylic acids is 1. The molecule has 1 aliphatic heterocycles. The van der Waals surface area contributed by atoms with Crippen molar-refractivity contribution < 1.29 is 22.7 Å². The number of halogens is 3. The molecule has 1 fully saturated rings. The summed E-state index contributed by atoms with van der Waals surface area (Å²) in [7, 11) is 2.06. The molecule has 0 saturated carbocycles. The van der Waals surface area contributed by atoms with Crippen LogP contribution in [0.3, 0.4) is 0 Å². The number of rotatable bonds is 7. The van der Waals surface area contributed by atoms with Gasteiger partial charge in [0.05, 0.1) is 5.41 Å². The topological polar surface area (TPSA) is 42.4 Å². The lowest BCUT2D eigenvalue weighted by atomic mass is 9.85. The van der Waals surface area contributed by atoms with E-state index in [9.17, 15) is 18.0 Å². The Morgan fingerprint density at radius 3 is 2.72 bits per heavy atom. The first-order chi connectivity index (χ1) is 11.6. The van der Waals surface area contributed by atoms with E-state index in [1.807, 2.05) is 0 Å². The molecule has 0 spiro atoms. The fourth-order valence-electron chi connectivity index (χ4n) is 2.99. The molecule has 1 aromatic rings. The smallest absolute Gasteiger partial charge is 0.421 e. The normalized spacial score (nSPS) is 19.2. The van der Waals surface area contributed by atoms with Crippen molar-refractivity contribution in [3.05, 3.63) is 23.9 Å². The van der Waals surface area contributed by atoms with Gasteiger partial charge >= 0.3 is 6.18 Å². The van der Waals surface area contributed by atoms with Crippen molar-refractivity contribution in [2.75, 3.05) is 26.7 Å². The van der Waals surface area contributed by atoms with Gasteiger partial charge in [-0.1, -0.05) is 0 Å². The van der Waals surface area contributed by atoms with Gasteiger partial charge in [-0.05, 0) is 58.3 Å². The molecular weight excluding hydrogens is 333 g/mol. The number of likely N-dealkylation sites (tertiary alicyclic amines) is 1. The van der Waals surface area contributed by atoms with Crippen LogP contribution in [0.2, 0.25) is 0 Å². The highest BCUT2D eigenvalue weighted by Gasteiger charge is 2.36. The summed E-state index contributed by atoms with van der Waals surface area (Å²) in [5, 5.41) is 0. The molecule has 1 saturated heterocycles. The van der Waals surface area contributed by atoms with Gasteiger partial charge in [-0.25, -0.2) is 4.98 Å². The number of Topliss-reactive ketones (excluding diaryl/α,β-unsaturated/α-hetero) is 1. The highest BCUT2D eigenvalue weighted by molar-refractivity contribution is 5.84. The van der Waals surface area contributed by atoms with Crippen LogP contribution in [0, 0.1) is 11.3 Å². The number of pyridine rings is 1. The summed E-state index contributed by atoms with van der Waals surface area (Å²) >= 11 is 0. The molecule has 25 heavy (non-hydrogen) atoms. The Morgan fingerprint density at radius 1 is 1.40 bits per heavy atom. The van der Waals surface area contributed by atoms with Crippen LogP contribution >= 0.6 is 0 Å². The Labute approximate surface area is 146 Å². The van der Waals surface area contributed by atoms with Crippen molar-refractivity contribution in [3.8, 4) is 5.88 Å². The fraction of sp³-hybridized carbons (Fsp3) is 0.667. The number of ether oxygens (including phenoxy) is 1. The lowest BCUT2D eigenvalue weighted by molar-refractivity contribution is -0.139. The molecule has 2 rings (SSSR count). The zero-order valence-electron chi connectivity index (χ0n) is 14.9. The van der Waals surface area contributed by atoms with Crippen molar-refractivity contribution in [1.29, 1.82) is 0 Å². The monoisotopic (exact) mass is 358 g/mol. The maximum atomic E-state index is 13.0. The minimum absolute atomic E-state index is 0.00606. The molecule has 7 heteroatoms. The van der Waals surface area contributed by atoms with Crippen molar-refractivity contribution >= 4 is 5.78 Å². The number of carbonyl (C=O) groups is 1. The van der Waals surface area contributed by atoms with Crippen LogP contribution in [0.25, 0.3) is 0 Å². The quantitative estimate of drug-likeness (QED) is 0.743. The summed E-state index contributed by atoms with van der Waals surface area (Å²) in [5.41, 5.74) is -1.78. The number of hydrogen-bond donors (Lipinski definition) is 0. The highest BCUT2D eigenvalue weighted by Crippen LogP contribution is 2.35. The zero-order chi connectivity index (χ0) is 18.7. The summed E-state index contributed by atoms with van der Waals surface area (Å²) in [4.78, 5) is 18.4. The fourth-order valence-corrected chi connectivity index (χ4v) is 2.99. The first kappa shape index (κ1) is 19.7. The number of ketones is 1. The first-order valence-electron chi connectivity index (χ1n) is 8.46. The van der Waals surface area contributed by atoms with Crippen molar-refractivity contribution in [3.63, 3.8) is 0 Å². The van der Waals surface area contributed by atoms with Crippen LogP contribution in [0.4, 0.5) is 13.2 Å². The van der Waals surface area contributed by atoms with Gasteiger partial charge in [0.1, 0.15) is 18.0 Å². The highest BCUT2D eigenvalue weighted by atomic mass is 19.4. The SMILES string of the molecule is CN1CC[C@@H](CCC(=O)C(C)(C)COc2ncccc2C(F)(F)F)C1. The van der Waals surface area contributed by atoms with Crippen LogP contribution < -0.4 is 4.74 Å². The van der Waals surface area contributed by atoms with Crippen LogP contribution in [0.1, 0.15) is 38.7 Å². The molecule has 0 radical (unpaired) electrons. The molecule has 0 N–H and O–H groups in total. The first-order valence-corrected chi connectivity index (χ1v) is 8.46. The van der Waals surface area contributed by atoms with E-state index < -0.39 is 23.0 Å². The lowest BCUT2D eigenvalue weighted by Gasteiger charge is -2.24. The van der Waals surface area contributed by atoms with Crippen molar-refractivity contribution in [2.45, 2.75) is 39.3 Å². The van der Waals surface area contributed by atoms with Gasteiger partial charge in [0.15, 0.2) is 0 Å². The van der Waals surface area contributed by atoms with Gasteiger partial charge in [0.2, 0.25) is 5.88 Å². The van der Waals surface area contributed by atoms with Gasteiger partial charge < -0.3 is 9.64 Å². The summed E-state index contributed by atoms with van der Waals surface area (Å²) < 4.78 is 44.2. The predicted octanol–water partition coefficient (Wildman–Crippen LogP) is 3.81. The molecule has 0 amide bonds. The van der Waals surface area contributed by atoms with Gasteiger partial charge in [-0.3, -0.25) is 4.79 Å². The Hall–Kier alpha value is -1.63. The molecule has 0 aliphatic carbocycles. The summed E-state index contributed by atoms with van der Waals surface area (Å²) in [6, 6.07) is 2.14. The number of alkyl halides is 3. The van der Waals surface area contributed by atoms with Crippen LogP contribution in [0.15, 0.2) is 18.3 Å². The Morgan fingerprint density at radius 2 is 2.12 bits per heavy atom. The van der Waals surface area contributed by atoms with E-state index in [4.69, 9.17) is 4.74 Å². The van der Waals surface area contributed by atoms with Crippen molar-refractivity contribution in [2.24, 2.45) is 11.3 Å². The Balaban J connectivity index is 1.91. The van der Waals surface area contributed by atoms with Gasteiger partial charge in [-0.2, -0.15) is 13.2 Å². The van der Waals surface area contributed by atoms with Crippen LogP contribution in [-0.4, -0.2) is 42.4 Å². The van der Waals surface area contributed by atoms with Crippen LogP contribution in [-0.2, 0) is 11.0 Å². The van der Waals surface area contributed by atoms with Gasteiger partial charge in [0, 0.05) is 19.2 Å². The van der Waals surface area contributed by atoms with Crippen molar-refractivity contribution in [1.82, 2.24) is 9.88 Å². The second kappa shape index (κ2) is 7.72. The lowest BCUT2D eigenvalue weighted by Crippen LogP contribution is -2.32. The number of aromatic nitrogens is 1. The third-order valence-electron chi connectivity index (χ3n) is 4.67. The molecule has 0 unspecified atom stereocenters. The maximum absolute atomic E-state index is 13.0. The Bertz CT molecular complexity index is 602. The molecule has 1 aromatic heterocycles. The average molecular weight is 358 g/mol. The molecule has 2 heterocycles. The standard InChI is InChI=1S/C18H25F3N2O2/c1-17(2,15(24)7-6-13-8-10-23(3)11-13)12-25-16-14(18(19,20)21)5-4-9-22-16/h4-5,9,13H,6-8,10-12H2,1-3H3/t13-/m1/s1. The van der Waals surface area contributed by atoms with E-state index in [2.05, 4.69) is 16.9 Å². The number of hydrogen-bond acceptors (Lipinski definition) is 4. The van der Waals surface area contributed by atoms with Gasteiger partial charge in [-0.15, -0.1) is 0 Å². The number of nitrogens with zero attached hydrogens (tertiary/aromatic N) is 2. The molecule has 140 valence electrons. The zero-order valence-corrected chi connectivity index (χ0v) is 14.9. The van der Waals surface area contributed by atoms with E-state index in [0.717, 1.165) is 32.0 Å². The molecule has 1 aliphatic rings. The second-order valence-electron chi connectivity index (χ2n) is 7.41. The van der Waals surface area contributed by atoms with E-state index in [1.54, 1.807) is 13.8 Å². The molecule has 0 bridgehead atoms. The maximum Gasteiger partial charge on any atom is 0.421 e. The van der Waals surface area contributed by atoms with Gasteiger partial charge in [0.25, 0.3) is 0 Å². The van der Waals surface area contributed by atoms with E-state index in [-0.39, 0.29) is 12.4 Å². The second-order valence-corrected chi connectivity index (χ2v) is 7.41. The minimum atomic E-state index is -4.54. The third-order valence-corrected chi connectivity index (χ3v) is 4.67. The Kier molecular flexibility index (Phi) is 6.08. The molecule has 1 atom stereocenters. The average Bonchev–Trinajstić information content (AvgIpc) is 2.95. The van der Waals surface area contributed by atoms with E-state index in [0.29, 0.717) is 12.3 Å². The summed E-state index contributed by atoms with van der Waals surface area (Å²) in [6.07, 6.45) is -0.973. The van der Waals surface area contributed by atoms with E-state index in [1.165, 1.54) is 12.3 Å². The van der Waals surface area contributed by atoms with E-state index >= 15 is 0 Å². The minimum Gasteiger partial charge on any atom is -0.476 e. The predicted molar refractivity (Wildman–Crippen MR) is 88.4 cm³/mol. The summed E-state index contributed by atoms with van der Waals surface area (Å²) in [5.74, 6) is 0.0399. The third kappa shape index (κ3) is 5.42. The summed E-state index contributed by atoms with van der Waals surface area (Å²) in [6.45, 7) is 5.31. The largest absolute Gasteiger partial charge is 0.476 e. The molecular formula is C18H25F3N2O2.